The molecule has 10 heteroatoms. The molecule has 1 heterocycles. The average Bonchev–Trinajstić information content (AvgIpc) is 3.18. The first-order chi connectivity index (χ1) is 13.7. The normalized spacial score (nSPS) is 14.0. The van der Waals surface area contributed by atoms with Crippen LogP contribution < -0.4 is 10.5 Å². The maximum Gasteiger partial charge on any atom is 0.419 e. The monoisotopic (exact) mass is 433 g/mol. The molecule has 29 heavy (non-hydrogen) atoms. The summed E-state index contributed by atoms with van der Waals surface area (Å²) in [6, 6.07) is 3.81. The Bertz CT molecular complexity index is 782. The second kappa shape index (κ2) is 10.3. The largest absolute Gasteiger partial charge is 0.493 e. The first-order valence-electron chi connectivity index (χ1n) is 9.35. The molecule has 3 N–H and O–H groups in total. The minimum atomic E-state index is -4.57. The lowest BCUT2D eigenvalue weighted by atomic mass is 10.1. The SMILES string of the molecule is CCOCCCCCOc1ccc(-c2nnc(C(C)(N)CO)s2)cc1C(F)(F)F. The topological polar surface area (TPSA) is 90.5 Å². The maximum absolute atomic E-state index is 13.5. The number of aliphatic hydroxyl groups excluding tert-OH is 1. The Morgan fingerprint density at radius 1 is 1.14 bits per heavy atom. The van der Waals surface area contributed by atoms with Gasteiger partial charge in [0.25, 0.3) is 0 Å². The number of hydrogen-bond donors (Lipinski definition) is 2. The van der Waals surface area contributed by atoms with E-state index in [1.807, 2.05) is 6.92 Å². The summed E-state index contributed by atoms with van der Waals surface area (Å²) in [4.78, 5) is 0. The van der Waals surface area contributed by atoms with Gasteiger partial charge in [0, 0.05) is 18.8 Å². The Balaban J connectivity index is 2.12. The number of unbranched alkanes of at least 4 members (excludes halogenated alkanes) is 2. The van der Waals surface area contributed by atoms with E-state index in [9.17, 15) is 18.3 Å². The predicted molar refractivity (Wildman–Crippen MR) is 105 cm³/mol. The summed E-state index contributed by atoms with van der Waals surface area (Å²) in [6.07, 6.45) is -2.27. The van der Waals surface area contributed by atoms with Crippen LogP contribution in [0.3, 0.4) is 0 Å². The number of rotatable bonds is 11. The van der Waals surface area contributed by atoms with Gasteiger partial charge in [0.2, 0.25) is 0 Å². The van der Waals surface area contributed by atoms with E-state index in [-0.39, 0.29) is 29.5 Å². The van der Waals surface area contributed by atoms with E-state index >= 15 is 0 Å². The van der Waals surface area contributed by atoms with Crippen LogP contribution in [0.1, 0.15) is 43.7 Å². The molecule has 1 aromatic carbocycles. The maximum atomic E-state index is 13.5. The van der Waals surface area contributed by atoms with Gasteiger partial charge in [-0.05, 0) is 51.3 Å². The molecule has 1 aromatic heterocycles. The number of halogens is 3. The van der Waals surface area contributed by atoms with Gasteiger partial charge in [0.1, 0.15) is 15.8 Å². The molecule has 1 unspecified atom stereocenters. The number of aliphatic hydroxyl groups is 1. The van der Waals surface area contributed by atoms with Gasteiger partial charge >= 0.3 is 6.18 Å². The van der Waals surface area contributed by atoms with E-state index in [4.69, 9.17) is 15.2 Å². The van der Waals surface area contributed by atoms with Crippen molar-refractivity contribution in [3.05, 3.63) is 28.8 Å². The highest BCUT2D eigenvalue weighted by atomic mass is 32.1. The van der Waals surface area contributed by atoms with Crippen LogP contribution in [0, 0.1) is 0 Å². The van der Waals surface area contributed by atoms with Crippen molar-refractivity contribution in [3.63, 3.8) is 0 Å². The molecule has 2 rings (SSSR count). The standard InChI is InChI=1S/C19H26F3N3O3S/c1-3-27-9-5-4-6-10-28-15-8-7-13(11-14(15)19(20,21)22)16-24-25-17(29-16)18(2,23)12-26/h7-8,11,26H,3-6,9-10,12,23H2,1-2H3. The van der Waals surface area contributed by atoms with Crippen LogP contribution in [0.2, 0.25) is 0 Å². The van der Waals surface area contributed by atoms with Crippen molar-refractivity contribution in [2.45, 2.75) is 44.8 Å². The lowest BCUT2D eigenvalue weighted by Crippen LogP contribution is -2.36. The fourth-order valence-corrected chi connectivity index (χ4v) is 3.35. The Morgan fingerprint density at radius 3 is 2.52 bits per heavy atom. The zero-order valence-electron chi connectivity index (χ0n) is 16.5. The van der Waals surface area contributed by atoms with Gasteiger partial charge in [0.15, 0.2) is 0 Å². The van der Waals surface area contributed by atoms with Crippen molar-refractivity contribution in [1.29, 1.82) is 0 Å². The van der Waals surface area contributed by atoms with Gasteiger partial charge in [-0.1, -0.05) is 11.3 Å². The van der Waals surface area contributed by atoms with Crippen molar-refractivity contribution in [2.75, 3.05) is 26.4 Å². The predicted octanol–water partition coefficient (Wildman–Crippen LogP) is 3.98. The Hall–Kier alpha value is -1.75. The van der Waals surface area contributed by atoms with Crippen LogP contribution in [0.25, 0.3) is 10.6 Å². The molecule has 1 atom stereocenters. The first kappa shape index (κ1) is 23.5. The zero-order valence-corrected chi connectivity index (χ0v) is 17.3. The van der Waals surface area contributed by atoms with Crippen LogP contribution in [0.5, 0.6) is 5.75 Å². The molecule has 0 radical (unpaired) electrons. The molecule has 0 saturated heterocycles. The zero-order chi connectivity index (χ0) is 21.5. The second-order valence-electron chi connectivity index (χ2n) is 6.80. The lowest BCUT2D eigenvalue weighted by molar-refractivity contribution is -0.138. The number of alkyl halides is 3. The number of benzene rings is 1. The number of nitrogens with zero attached hydrogens (tertiary/aromatic N) is 2. The Morgan fingerprint density at radius 2 is 1.86 bits per heavy atom. The molecule has 6 nitrogen and oxygen atoms in total. The molecule has 162 valence electrons. The summed E-state index contributed by atoms with van der Waals surface area (Å²) >= 11 is 1.05. The molecule has 0 aliphatic heterocycles. The number of hydrogen-bond acceptors (Lipinski definition) is 7. The highest BCUT2D eigenvalue weighted by Gasteiger charge is 2.35. The molecule has 0 amide bonds. The van der Waals surface area contributed by atoms with Crippen molar-refractivity contribution in [3.8, 4) is 16.3 Å². The molecule has 0 spiro atoms. The van der Waals surface area contributed by atoms with Crippen molar-refractivity contribution < 1.29 is 27.8 Å². The van der Waals surface area contributed by atoms with Crippen molar-refractivity contribution in [2.24, 2.45) is 5.73 Å². The third-order valence-corrected chi connectivity index (χ3v) is 5.42. The summed E-state index contributed by atoms with van der Waals surface area (Å²) in [5.74, 6) is -0.213. The Labute approximate surface area is 171 Å². The summed E-state index contributed by atoms with van der Waals surface area (Å²) < 4.78 is 51.2. The van der Waals surface area contributed by atoms with Gasteiger partial charge in [-0.25, -0.2) is 0 Å². The van der Waals surface area contributed by atoms with Crippen molar-refractivity contribution >= 4 is 11.3 Å². The minimum absolute atomic E-state index is 0.194. The molecular weight excluding hydrogens is 407 g/mol. The van der Waals surface area contributed by atoms with E-state index in [0.29, 0.717) is 24.6 Å². The first-order valence-corrected chi connectivity index (χ1v) is 10.2. The van der Waals surface area contributed by atoms with Gasteiger partial charge < -0.3 is 20.3 Å². The molecule has 0 fully saturated rings. The van der Waals surface area contributed by atoms with Gasteiger partial charge in [-0.15, -0.1) is 10.2 Å². The average molecular weight is 433 g/mol. The summed E-state index contributed by atoms with van der Waals surface area (Å²) in [7, 11) is 0. The quantitative estimate of drug-likeness (QED) is 0.521. The highest BCUT2D eigenvalue weighted by Crippen LogP contribution is 2.39. The minimum Gasteiger partial charge on any atom is -0.493 e. The van der Waals surface area contributed by atoms with E-state index < -0.39 is 17.3 Å². The number of aromatic nitrogens is 2. The third-order valence-electron chi connectivity index (χ3n) is 4.17. The fourth-order valence-electron chi connectivity index (χ4n) is 2.46. The molecule has 0 aliphatic rings. The highest BCUT2D eigenvalue weighted by molar-refractivity contribution is 7.14. The van der Waals surface area contributed by atoms with Crippen LogP contribution >= 0.6 is 11.3 Å². The van der Waals surface area contributed by atoms with Gasteiger partial charge in [-0.2, -0.15) is 13.2 Å². The smallest absolute Gasteiger partial charge is 0.419 e. The van der Waals surface area contributed by atoms with E-state index in [2.05, 4.69) is 10.2 Å². The lowest BCUT2D eigenvalue weighted by Gasteiger charge is -2.17. The van der Waals surface area contributed by atoms with Crippen molar-refractivity contribution in [1.82, 2.24) is 10.2 Å². The van der Waals surface area contributed by atoms with Crippen LogP contribution in [-0.4, -0.2) is 41.7 Å². The Kier molecular flexibility index (Phi) is 8.38. The summed E-state index contributed by atoms with van der Waals surface area (Å²) in [5, 5.41) is 17.8. The number of ether oxygens (including phenoxy) is 2. The van der Waals surface area contributed by atoms with Gasteiger partial charge in [0.05, 0.1) is 24.3 Å². The number of nitrogens with two attached hydrogens (primary N) is 1. The molecule has 2 aromatic rings. The summed E-state index contributed by atoms with van der Waals surface area (Å²) in [5.41, 5.74) is 4.21. The van der Waals surface area contributed by atoms with Crippen LogP contribution in [-0.2, 0) is 16.5 Å². The molecule has 0 aliphatic carbocycles. The van der Waals surface area contributed by atoms with Crippen LogP contribution in [0.15, 0.2) is 18.2 Å². The van der Waals surface area contributed by atoms with Gasteiger partial charge in [-0.3, -0.25) is 0 Å². The van der Waals surface area contributed by atoms with E-state index in [0.717, 1.165) is 30.2 Å². The molecule has 0 bridgehead atoms. The third kappa shape index (κ3) is 6.63. The van der Waals surface area contributed by atoms with E-state index in [1.54, 1.807) is 6.92 Å². The molecular formula is C19H26F3N3O3S. The second-order valence-corrected chi connectivity index (χ2v) is 7.78. The van der Waals surface area contributed by atoms with E-state index in [1.165, 1.54) is 12.1 Å². The molecule has 0 saturated carbocycles. The fraction of sp³-hybridized carbons (Fsp3) is 0.579. The summed E-state index contributed by atoms with van der Waals surface area (Å²) in [6.45, 7) is 4.62. The van der Waals surface area contributed by atoms with Crippen LogP contribution in [0.4, 0.5) is 13.2 Å².